The third-order valence-electron chi connectivity index (χ3n) is 1.94. The Morgan fingerprint density at radius 3 is 2.84 bits per heavy atom. The first-order valence-electron chi connectivity index (χ1n) is 5.10. The maximum atomic E-state index is 11.9. The first-order valence-corrected chi connectivity index (χ1v) is 8.28. The number of sulfonamides is 1. The van der Waals surface area contributed by atoms with Gasteiger partial charge in [0, 0.05) is 18.3 Å². The average molecular weight is 318 g/mol. The fraction of sp³-hybridized carbons (Fsp3) is 0.222. The Labute approximate surface area is 117 Å². The highest BCUT2D eigenvalue weighted by Gasteiger charge is 2.20. The standard InChI is InChI=1S/C9H10N4O3S3/c1-6(14)11-8-12-13-9(18-8)19(15,16)10-5-7-3-2-4-17-7/h2-4,10H,5H2,1H3,(H,11,12,14). The number of nitrogens with zero attached hydrogens (tertiary/aromatic N) is 2. The molecular formula is C9H10N4O3S3. The van der Waals surface area contributed by atoms with Gasteiger partial charge in [0.15, 0.2) is 0 Å². The molecule has 0 fully saturated rings. The normalized spacial score (nSPS) is 11.4. The van der Waals surface area contributed by atoms with Gasteiger partial charge >= 0.3 is 0 Å². The highest BCUT2D eigenvalue weighted by Crippen LogP contribution is 2.20. The molecule has 102 valence electrons. The Balaban J connectivity index is 2.06. The van der Waals surface area contributed by atoms with Crippen LogP contribution in [-0.2, 0) is 21.4 Å². The Kier molecular flexibility index (Phi) is 4.24. The van der Waals surface area contributed by atoms with Crippen molar-refractivity contribution in [2.24, 2.45) is 0 Å². The van der Waals surface area contributed by atoms with Crippen molar-refractivity contribution in [3.05, 3.63) is 22.4 Å². The smallest absolute Gasteiger partial charge is 0.270 e. The number of anilines is 1. The molecule has 0 radical (unpaired) electrons. The first kappa shape index (κ1) is 14.1. The Hall–Kier alpha value is -1.36. The second kappa shape index (κ2) is 5.74. The topological polar surface area (TPSA) is 101 Å². The number of hydrogen-bond acceptors (Lipinski definition) is 7. The number of hydrogen-bond donors (Lipinski definition) is 2. The Morgan fingerprint density at radius 1 is 1.42 bits per heavy atom. The maximum Gasteiger partial charge on any atom is 0.270 e. The summed E-state index contributed by atoms with van der Waals surface area (Å²) < 4.78 is 26.1. The molecule has 0 aliphatic rings. The van der Waals surface area contributed by atoms with Crippen LogP contribution in [0.1, 0.15) is 11.8 Å². The van der Waals surface area contributed by atoms with Crippen molar-refractivity contribution in [1.82, 2.24) is 14.9 Å². The van der Waals surface area contributed by atoms with Gasteiger partial charge in [-0.15, -0.1) is 21.5 Å². The highest BCUT2D eigenvalue weighted by molar-refractivity contribution is 7.91. The number of carbonyl (C=O) groups is 1. The SMILES string of the molecule is CC(=O)Nc1nnc(S(=O)(=O)NCc2cccs2)s1. The van der Waals surface area contributed by atoms with E-state index in [1.807, 2.05) is 17.5 Å². The molecule has 2 rings (SSSR count). The van der Waals surface area contributed by atoms with Crippen molar-refractivity contribution in [3.63, 3.8) is 0 Å². The molecule has 0 aliphatic carbocycles. The number of thiophene rings is 1. The molecule has 0 aromatic carbocycles. The van der Waals surface area contributed by atoms with Gasteiger partial charge in [-0.3, -0.25) is 4.79 Å². The summed E-state index contributed by atoms with van der Waals surface area (Å²) in [6.45, 7) is 1.51. The van der Waals surface area contributed by atoms with E-state index in [2.05, 4.69) is 20.2 Å². The monoisotopic (exact) mass is 318 g/mol. The van der Waals surface area contributed by atoms with Crippen molar-refractivity contribution < 1.29 is 13.2 Å². The lowest BCUT2D eigenvalue weighted by molar-refractivity contribution is -0.114. The van der Waals surface area contributed by atoms with Crippen molar-refractivity contribution in [2.45, 2.75) is 17.8 Å². The van der Waals surface area contributed by atoms with Crippen LogP contribution < -0.4 is 10.0 Å². The van der Waals surface area contributed by atoms with Gasteiger partial charge in [-0.05, 0) is 11.4 Å². The van der Waals surface area contributed by atoms with Gasteiger partial charge in [0.25, 0.3) is 10.0 Å². The van der Waals surface area contributed by atoms with Crippen molar-refractivity contribution in [2.75, 3.05) is 5.32 Å². The summed E-state index contributed by atoms with van der Waals surface area (Å²) in [5.41, 5.74) is 0. The average Bonchev–Trinajstić information content (AvgIpc) is 2.96. The molecule has 2 aromatic rings. The van der Waals surface area contributed by atoms with E-state index in [-0.39, 0.29) is 21.9 Å². The number of rotatable bonds is 5. The molecule has 0 unspecified atom stereocenters. The summed E-state index contributed by atoms with van der Waals surface area (Å²) >= 11 is 2.26. The molecule has 2 N–H and O–H groups in total. The van der Waals surface area contributed by atoms with Crippen molar-refractivity contribution >= 4 is 43.7 Å². The molecule has 10 heteroatoms. The minimum Gasteiger partial charge on any atom is -0.301 e. The van der Waals surface area contributed by atoms with E-state index >= 15 is 0 Å². The summed E-state index contributed by atoms with van der Waals surface area (Å²) in [6.07, 6.45) is 0. The van der Waals surface area contributed by atoms with Gasteiger partial charge in [0.05, 0.1) is 0 Å². The van der Waals surface area contributed by atoms with Gasteiger partial charge in [-0.1, -0.05) is 17.4 Å². The molecule has 19 heavy (non-hydrogen) atoms. The molecule has 7 nitrogen and oxygen atoms in total. The Bertz CT molecular complexity index is 663. The fourth-order valence-electron chi connectivity index (χ4n) is 1.16. The minimum atomic E-state index is -3.70. The number of nitrogens with one attached hydrogen (secondary N) is 2. The molecule has 2 aromatic heterocycles. The van der Waals surface area contributed by atoms with Crippen LogP contribution in [0.5, 0.6) is 0 Å². The van der Waals surface area contributed by atoms with E-state index in [0.29, 0.717) is 0 Å². The second-order valence-corrected chi connectivity index (χ2v) is 7.41. The molecule has 2 heterocycles. The zero-order chi connectivity index (χ0) is 13.9. The summed E-state index contributed by atoms with van der Waals surface area (Å²) in [6, 6.07) is 3.67. The van der Waals surface area contributed by atoms with Gasteiger partial charge in [0.2, 0.25) is 15.4 Å². The second-order valence-electron chi connectivity index (χ2n) is 3.46. The van der Waals surface area contributed by atoms with Crippen molar-refractivity contribution in [1.29, 1.82) is 0 Å². The van der Waals surface area contributed by atoms with Gasteiger partial charge in [-0.2, -0.15) is 0 Å². The van der Waals surface area contributed by atoms with E-state index in [1.54, 1.807) is 0 Å². The van der Waals surface area contributed by atoms with Gasteiger partial charge < -0.3 is 5.32 Å². The number of carbonyl (C=O) groups excluding carboxylic acids is 1. The number of amides is 1. The van der Waals surface area contributed by atoms with E-state index in [4.69, 9.17) is 0 Å². The van der Waals surface area contributed by atoms with Crippen LogP contribution in [0.2, 0.25) is 0 Å². The van der Waals surface area contributed by atoms with Crippen LogP contribution in [0.4, 0.5) is 5.13 Å². The zero-order valence-electron chi connectivity index (χ0n) is 9.78. The summed E-state index contributed by atoms with van der Waals surface area (Å²) in [7, 11) is -3.70. The molecule has 0 atom stereocenters. The van der Waals surface area contributed by atoms with E-state index in [9.17, 15) is 13.2 Å². The van der Waals surface area contributed by atoms with Crippen LogP contribution >= 0.6 is 22.7 Å². The lowest BCUT2D eigenvalue weighted by Gasteiger charge is -2.00. The molecule has 0 saturated carbocycles. The summed E-state index contributed by atoms with van der Waals surface area (Å²) in [5, 5.41) is 11.5. The van der Waals surface area contributed by atoms with Gasteiger partial charge in [0.1, 0.15) is 0 Å². The minimum absolute atomic E-state index is 0.156. The summed E-state index contributed by atoms with van der Waals surface area (Å²) in [4.78, 5) is 11.7. The molecule has 0 saturated heterocycles. The maximum absolute atomic E-state index is 11.9. The molecule has 0 spiro atoms. The fourth-order valence-corrected chi connectivity index (χ4v) is 3.89. The first-order chi connectivity index (χ1) is 8.97. The lowest BCUT2D eigenvalue weighted by atomic mass is 10.5. The molecule has 0 aliphatic heterocycles. The van der Waals surface area contributed by atoms with Crippen LogP contribution in [-0.4, -0.2) is 24.5 Å². The third-order valence-corrected chi connectivity index (χ3v) is 5.42. The van der Waals surface area contributed by atoms with E-state index in [0.717, 1.165) is 16.2 Å². The van der Waals surface area contributed by atoms with Crippen LogP contribution in [0.15, 0.2) is 21.9 Å². The van der Waals surface area contributed by atoms with Crippen LogP contribution in [0.3, 0.4) is 0 Å². The Morgan fingerprint density at radius 2 is 2.21 bits per heavy atom. The molecule has 1 amide bonds. The predicted octanol–water partition coefficient (Wildman–Crippen LogP) is 1.04. The van der Waals surface area contributed by atoms with Crippen LogP contribution in [0.25, 0.3) is 0 Å². The molecule has 0 bridgehead atoms. The quantitative estimate of drug-likeness (QED) is 0.802. The van der Waals surface area contributed by atoms with E-state index in [1.165, 1.54) is 18.3 Å². The van der Waals surface area contributed by atoms with Gasteiger partial charge in [-0.25, -0.2) is 13.1 Å². The zero-order valence-corrected chi connectivity index (χ0v) is 12.2. The van der Waals surface area contributed by atoms with E-state index < -0.39 is 10.0 Å². The lowest BCUT2D eigenvalue weighted by Crippen LogP contribution is -2.22. The molecular weight excluding hydrogens is 308 g/mol. The number of aromatic nitrogens is 2. The third kappa shape index (κ3) is 3.80. The largest absolute Gasteiger partial charge is 0.301 e. The van der Waals surface area contributed by atoms with Crippen LogP contribution in [0, 0.1) is 0 Å². The predicted molar refractivity (Wildman–Crippen MR) is 72.6 cm³/mol. The van der Waals surface area contributed by atoms with Crippen molar-refractivity contribution in [3.8, 4) is 0 Å². The highest BCUT2D eigenvalue weighted by atomic mass is 32.2. The summed E-state index contributed by atoms with van der Waals surface area (Å²) in [5.74, 6) is -0.327.